The van der Waals surface area contributed by atoms with Gasteiger partial charge in [0.25, 0.3) is 0 Å². The molecule has 1 atom stereocenters. The number of benzene rings is 2. The smallest absolute Gasteiger partial charge is 0.336 e. The number of amides is 2. The summed E-state index contributed by atoms with van der Waals surface area (Å²) in [6, 6.07) is 22.8. The van der Waals surface area contributed by atoms with Crippen molar-refractivity contribution in [2.75, 3.05) is 10.6 Å². The molecule has 0 saturated carbocycles. The quantitative estimate of drug-likeness (QED) is 0.285. The van der Waals surface area contributed by atoms with Crippen LogP contribution in [-0.4, -0.2) is 36.8 Å². The molecule has 1 unspecified atom stereocenters. The second-order valence-corrected chi connectivity index (χ2v) is 8.89. The number of fused-ring (bicyclic) bond motifs is 1. The Labute approximate surface area is 219 Å². The fraction of sp³-hybridized carbons (Fsp3) is 0.103. The average Bonchev–Trinajstić information content (AvgIpc) is 3.69. The van der Waals surface area contributed by atoms with Gasteiger partial charge in [0.05, 0.1) is 17.9 Å². The second-order valence-electron chi connectivity index (χ2n) is 8.89. The van der Waals surface area contributed by atoms with Crippen molar-refractivity contribution >= 4 is 35.1 Å². The van der Waals surface area contributed by atoms with Crippen LogP contribution in [0.25, 0.3) is 5.65 Å². The van der Waals surface area contributed by atoms with Crippen LogP contribution in [0.4, 0.5) is 22.0 Å². The molecular weight excluding hydrogens is 476 g/mol. The molecule has 1 aliphatic rings. The summed E-state index contributed by atoms with van der Waals surface area (Å²) < 4.78 is 1.93. The van der Waals surface area contributed by atoms with Crippen molar-refractivity contribution < 1.29 is 4.79 Å². The Balaban J connectivity index is 1.19. The van der Waals surface area contributed by atoms with E-state index in [1.807, 2.05) is 90.3 Å². The highest BCUT2D eigenvalue weighted by Crippen LogP contribution is 2.28. The Morgan fingerprint density at radius 1 is 1.05 bits per heavy atom. The molecule has 1 aliphatic heterocycles. The molecule has 2 aromatic carbocycles. The van der Waals surface area contributed by atoms with E-state index in [0.29, 0.717) is 12.1 Å². The molecule has 3 aromatic heterocycles. The van der Waals surface area contributed by atoms with Gasteiger partial charge in [-0.15, -0.1) is 0 Å². The number of hydrazone groups is 1. The number of hydrogen-bond donors (Lipinski definition) is 3. The molecule has 0 radical (unpaired) electrons. The zero-order valence-corrected chi connectivity index (χ0v) is 20.6. The number of rotatable bonds is 4. The summed E-state index contributed by atoms with van der Waals surface area (Å²) in [6.45, 7) is 1.95. The van der Waals surface area contributed by atoms with Gasteiger partial charge >= 0.3 is 6.03 Å². The third-order valence-electron chi connectivity index (χ3n) is 6.18. The van der Waals surface area contributed by atoms with E-state index in [0.717, 1.165) is 39.7 Å². The van der Waals surface area contributed by atoms with Gasteiger partial charge in [-0.25, -0.2) is 14.8 Å². The van der Waals surface area contributed by atoms with E-state index in [1.54, 1.807) is 12.4 Å². The lowest BCUT2D eigenvalue weighted by Crippen LogP contribution is -2.31. The predicted molar refractivity (Wildman–Crippen MR) is 147 cm³/mol. The SMILES string of the molecule is Cc1cc(Nc2cccn3c(C#Cc4cccc(NC(=O)N5N=CCC5c5ccccc5)c4)cnc23)n[nH]1. The molecule has 6 rings (SSSR count). The van der Waals surface area contributed by atoms with Crippen LogP contribution >= 0.6 is 0 Å². The number of aromatic amines is 1. The summed E-state index contributed by atoms with van der Waals surface area (Å²) in [5.41, 5.74) is 5.75. The van der Waals surface area contributed by atoms with Crippen LogP contribution in [-0.2, 0) is 0 Å². The number of imidazole rings is 1. The van der Waals surface area contributed by atoms with E-state index in [1.165, 1.54) is 5.01 Å². The van der Waals surface area contributed by atoms with Crippen LogP contribution in [0.5, 0.6) is 0 Å². The van der Waals surface area contributed by atoms with Gasteiger partial charge in [0, 0.05) is 41.8 Å². The lowest BCUT2D eigenvalue weighted by molar-refractivity contribution is 0.200. The van der Waals surface area contributed by atoms with Crippen molar-refractivity contribution in [3.05, 3.63) is 108 Å². The summed E-state index contributed by atoms with van der Waals surface area (Å²) in [5.74, 6) is 7.11. The van der Waals surface area contributed by atoms with E-state index in [9.17, 15) is 4.79 Å². The number of aryl methyl sites for hydroxylation is 1. The van der Waals surface area contributed by atoms with E-state index in [2.05, 4.69) is 42.8 Å². The zero-order valence-electron chi connectivity index (χ0n) is 20.6. The van der Waals surface area contributed by atoms with Crippen LogP contribution in [0.2, 0.25) is 0 Å². The van der Waals surface area contributed by atoms with Gasteiger partial charge in [0.1, 0.15) is 5.69 Å². The van der Waals surface area contributed by atoms with Crippen molar-refractivity contribution in [2.24, 2.45) is 5.10 Å². The average molecular weight is 501 g/mol. The Kier molecular flexibility index (Phi) is 6.04. The van der Waals surface area contributed by atoms with Crippen LogP contribution in [0.3, 0.4) is 0 Å². The van der Waals surface area contributed by atoms with E-state index in [-0.39, 0.29) is 12.1 Å². The molecule has 3 N–H and O–H groups in total. The third kappa shape index (κ3) is 4.70. The number of nitrogens with one attached hydrogen (secondary N) is 3. The molecule has 5 aromatic rings. The molecule has 9 nitrogen and oxygen atoms in total. The highest BCUT2D eigenvalue weighted by Gasteiger charge is 2.28. The molecule has 0 saturated heterocycles. The van der Waals surface area contributed by atoms with Crippen molar-refractivity contribution in [2.45, 2.75) is 19.4 Å². The molecule has 0 aliphatic carbocycles. The number of carbonyl (C=O) groups excluding carboxylic acids is 1. The lowest BCUT2D eigenvalue weighted by Gasteiger charge is -2.22. The monoisotopic (exact) mass is 500 g/mol. The van der Waals surface area contributed by atoms with Crippen molar-refractivity contribution in [1.82, 2.24) is 24.6 Å². The molecule has 0 spiro atoms. The molecule has 0 bridgehead atoms. The fourth-order valence-electron chi connectivity index (χ4n) is 4.37. The van der Waals surface area contributed by atoms with Gasteiger partial charge in [-0.2, -0.15) is 10.2 Å². The summed E-state index contributed by atoms with van der Waals surface area (Å²) in [7, 11) is 0. The maximum Gasteiger partial charge on any atom is 0.342 e. The van der Waals surface area contributed by atoms with Crippen LogP contribution in [0.1, 0.15) is 35.0 Å². The van der Waals surface area contributed by atoms with E-state index in [4.69, 9.17) is 0 Å². The molecule has 9 heteroatoms. The van der Waals surface area contributed by atoms with Crippen molar-refractivity contribution in [1.29, 1.82) is 0 Å². The number of pyridine rings is 1. The molecule has 4 heterocycles. The summed E-state index contributed by atoms with van der Waals surface area (Å²) in [6.07, 6.45) is 6.11. The maximum absolute atomic E-state index is 13.0. The van der Waals surface area contributed by atoms with Gasteiger partial charge in [-0.1, -0.05) is 42.3 Å². The van der Waals surface area contributed by atoms with Gasteiger partial charge in [-0.05, 0) is 48.7 Å². The number of H-pyrrole nitrogens is 1. The van der Waals surface area contributed by atoms with Gasteiger partial charge in [-0.3, -0.25) is 9.50 Å². The van der Waals surface area contributed by atoms with Crippen LogP contribution < -0.4 is 10.6 Å². The minimum Gasteiger partial charge on any atom is -0.336 e. The van der Waals surface area contributed by atoms with E-state index >= 15 is 0 Å². The molecule has 0 fully saturated rings. The zero-order chi connectivity index (χ0) is 25.9. The van der Waals surface area contributed by atoms with E-state index < -0.39 is 0 Å². The highest BCUT2D eigenvalue weighted by molar-refractivity contribution is 5.91. The first-order valence-electron chi connectivity index (χ1n) is 12.2. The number of aromatic nitrogens is 4. The van der Waals surface area contributed by atoms with Gasteiger partial charge < -0.3 is 10.6 Å². The van der Waals surface area contributed by atoms with Gasteiger partial charge in [0.15, 0.2) is 11.5 Å². The van der Waals surface area contributed by atoms with Crippen LogP contribution in [0.15, 0.2) is 90.3 Å². The lowest BCUT2D eigenvalue weighted by atomic mass is 10.1. The number of hydrogen-bond acceptors (Lipinski definition) is 5. The summed E-state index contributed by atoms with van der Waals surface area (Å²) in [4.78, 5) is 17.6. The number of carbonyl (C=O) groups is 1. The molecule has 38 heavy (non-hydrogen) atoms. The Hall–Kier alpha value is -5.36. The second kappa shape index (κ2) is 9.95. The van der Waals surface area contributed by atoms with Gasteiger partial charge in [0.2, 0.25) is 0 Å². The molecule has 186 valence electrons. The first-order chi connectivity index (χ1) is 18.6. The first kappa shape index (κ1) is 23.1. The summed E-state index contributed by atoms with van der Waals surface area (Å²) in [5, 5.41) is 19.2. The Morgan fingerprint density at radius 3 is 2.79 bits per heavy atom. The number of anilines is 3. The molecule has 2 amide bonds. The van der Waals surface area contributed by atoms with Crippen molar-refractivity contribution in [3.8, 4) is 11.8 Å². The highest BCUT2D eigenvalue weighted by atomic mass is 16.2. The number of urea groups is 1. The minimum atomic E-state index is -0.286. The third-order valence-corrected chi connectivity index (χ3v) is 6.18. The first-order valence-corrected chi connectivity index (χ1v) is 12.2. The van der Waals surface area contributed by atoms with Crippen LogP contribution in [0, 0.1) is 18.8 Å². The predicted octanol–water partition coefficient (Wildman–Crippen LogP) is 5.47. The number of nitrogens with zero attached hydrogens (tertiary/aromatic N) is 5. The Morgan fingerprint density at radius 2 is 1.95 bits per heavy atom. The minimum absolute atomic E-state index is 0.120. The van der Waals surface area contributed by atoms with Crippen molar-refractivity contribution in [3.63, 3.8) is 0 Å². The standard InChI is InChI=1S/C29H24N8O/c1-20-17-27(35-34-20)33-25-11-6-16-36-24(19-30-28(25)36)13-12-21-7-5-10-23(18-21)32-29(38)37-26(14-15-31-37)22-8-3-2-4-9-22/h2-11,15-19,26H,14H2,1H3,(H,32,38)(H2,33,34,35). The normalized spacial score (nSPS) is 14.3. The Bertz CT molecular complexity index is 1710. The fourth-order valence-corrected chi connectivity index (χ4v) is 4.37. The molecular formula is C29H24N8O. The topological polar surface area (TPSA) is 103 Å². The maximum atomic E-state index is 13.0. The largest absolute Gasteiger partial charge is 0.342 e. The summed E-state index contributed by atoms with van der Waals surface area (Å²) >= 11 is 0.